The molecule has 0 aliphatic carbocycles. The average molecular weight is 628 g/mol. The van der Waals surface area contributed by atoms with E-state index in [1.54, 1.807) is 0 Å². The highest BCUT2D eigenvalue weighted by molar-refractivity contribution is 6.26. The van der Waals surface area contributed by atoms with Crippen LogP contribution in [0.2, 0.25) is 0 Å². The Balaban J connectivity index is 1.29. The molecule has 6 aromatic carbocycles. The van der Waals surface area contributed by atoms with Gasteiger partial charge >= 0.3 is 0 Å². The molecule has 0 spiro atoms. The molecule has 0 bridgehead atoms. The van der Waals surface area contributed by atoms with Crippen molar-refractivity contribution in [1.29, 1.82) is 0 Å². The molecule has 0 radical (unpaired) electrons. The van der Waals surface area contributed by atoms with Gasteiger partial charge in [0, 0.05) is 50.6 Å². The summed E-state index contributed by atoms with van der Waals surface area (Å²) in [5.41, 5.74) is 8.59. The molecule has 0 saturated heterocycles. The van der Waals surface area contributed by atoms with Gasteiger partial charge in [0.1, 0.15) is 5.58 Å². The van der Waals surface area contributed by atoms with E-state index in [2.05, 4.69) is 135 Å². The minimum atomic E-state index is 0.562. The van der Waals surface area contributed by atoms with Crippen molar-refractivity contribution in [3.8, 4) is 22.9 Å². The summed E-state index contributed by atoms with van der Waals surface area (Å²) in [4.78, 5) is 14.9. The van der Waals surface area contributed by atoms with E-state index in [-0.39, 0.29) is 0 Å². The van der Waals surface area contributed by atoms with E-state index in [4.69, 9.17) is 14.4 Å². The number of hydrogen-bond acceptors (Lipinski definition) is 4. The van der Waals surface area contributed by atoms with Crippen LogP contribution in [0.15, 0.2) is 156 Å². The number of aromatic nitrogens is 5. The summed E-state index contributed by atoms with van der Waals surface area (Å²) in [6, 6.07) is 48.8. The maximum Gasteiger partial charge on any atom is 0.238 e. The van der Waals surface area contributed by atoms with E-state index >= 15 is 0 Å². The first-order valence-corrected chi connectivity index (χ1v) is 16.4. The maximum atomic E-state index is 6.48. The predicted octanol–water partition coefficient (Wildman–Crippen LogP) is 10.8. The molecule has 0 aliphatic rings. The quantitative estimate of drug-likeness (QED) is 0.196. The number of rotatable bonds is 3. The number of fused-ring (bicyclic) bond motifs is 11. The number of benzene rings is 6. The van der Waals surface area contributed by atoms with Gasteiger partial charge in [0.05, 0.1) is 33.1 Å². The second-order valence-corrected chi connectivity index (χ2v) is 12.5. The van der Waals surface area contributed by atoms with Gasteiger partial charge in [-0.25, -0.2) is 4.98 Å². The van der Waals surface area contributed by atoms with Gasteiger partial charge in [-0.2, -0.15) is 4.98 Å². The minimum Gasteiger partial charge on any atom is -0.437 e. The van der Waals surface area contributed by atoms with Gasteiger partial charge in [-0.1, -0.05) is 97.1 Å². The second kappa shape index (κ2) is 9.86. The van der Waals surface area contributed by atoms with E-state index in [0.29, 0.717) is 11.7 Å². The SMILES string of the molecule is c1ccc2cc(-c3nc(-n4c5ccccc5c5c4ccc4c6ccccc6n(-c6ccncc6)c45)nc4oc5ccccc5c34)ccc2c1. The molecule has 228 valence electrons. The van der Waals surface area contributed by atoms with Crippen molar-refractivity contribution in [1.82, 2.24) is 24.1 Å². The summed E-state index contributed by atoms with van der Waals surface area (Å²) in [6.07, 6.45) is 3.70. The zero-order chi connectivity index (χ0) is 32.1. The summed E-state index contributed by atoms with van der Waals surface area (Å²) in [5, 5.41) is 8.91. The van der Waals surface area contributed by atoms with Gasteiger partial charge in [0.25, 0.3) is 0 Å². The highest BCUT2D eigenvalue weighted by Gasteiger charge is 2.24. The largest absolute Gasteiger partial charge is 0.437 e. The van der Waals surface area contributed by atoms with Crippen molar-refractivity contribution in [2.24, 2.45) is 0 Å². The maximum absolute atomic E-state index is 6.48. The fourth-order valence-corrected chi connectivity index (χ4v) is 7.74. The van der Waals surface area contributed by atoms with E-state index in [0.717, 1.165) is 71.5 Å². The molecule has 6 heteroatoms. The molecule has 0 fully saturated rings. The topological polar surface area (TPSA) is 61.7 Å². The molecular weight excluding hydrogens is 603 g/mol. The summed E-state index contributed by atoms with van der Waals surface area (Å²) < 4.78 is 11.0. The summed E-state index contributed by atoms with van der Waals surface area (Å²) >= 11 is 0. The second-order valence-electron chi connectivity index (χ2n) is 12.5. The molecule has 5 heterocycles. The van der Waals surface area contributed by atoms with Crippen molar-refractivity contribution in [2.45, 2.75) is 0 Å². The highest BCUT2D eigenvalue weighted by atomic mass is 16.3. The fraction of sp³-hybridized carbons (Fsp3) is 0. The molecule has 11 rings (SSSR count). The molecule has 0 amide bonds. The number of hydrogen-bond donors (Lipinski definition) is 0. The van der Waals surface area contributed by atoms with Gasteiger partial charge in [-0.3, -0.25) is 9.55 Å². The van der Waals surface area contributed by atoms with Gasteiger partial charge in [0.2, 0.25) is 11.7 Å². The van der Waals surface area contributed by atoms with Crippen molar-refractivity contribution in [3.63, 3.8) is 0 Å². The van der Waals surface area contributed by atoms with E-state index in [1.165, 1.54) is 16.2 Å². The van der Waals surface area contributed by atoms with Crippen LogP contribution in [-0.2, 0) is 0 Å². The Morgan fingerprint density at radius 1 is 0.490 bits per heavy atom. The van der Waals surface area contributed by atoms with E-state index < -0.39 is 0 Å². The van der Waals surface area contributed by atoms with Crippen molar-refractivity contribution >= 4 is 76.5 Å². The Labute approximate surface area is 279 Å². The molecule has 5 aromatic heterocycles. The fourth-order valence-electron chi connectivity index (χ4n) is 7.74. The van der Waals surface area contributed by atoms with Crippen LogP contribution in [0.4, 0.5) is 0 Å². The third kappa shape index (κ3) is 3.68. The normalized spacial score (nSPS) is 12.1. The zero-order valence-corrected chi connectivity index (χ0v) is 26.1. The molecule has 6 nitrogen and oxygen atoms in total. The molecular formula is C43H25N5O. The van der Waals surface area contributed by atoms with E-state index in [9.17, 15) is 0 Å². The lowest BCUT2D eigenvalue weighted by Gasteiger charge is -2.11. The van der Waals surface area contributed by atoms with Gasteiger partial charge in [0.15, 0.2) is 0 Å². The Hall–Kier alpha value is -6.79. The number of para-hydroxylation sites is 3. The number of nitrogens with zero attached hydrogens (tertiary/aromatic N) is 5. The van der Waals surface area contributed by atoms with E-state index in [1.807, 2.05) is 30.6 Å². The van der Waals surface area contributed by atoms with Gasteiger partial charge in [-0.15, -0.1) is 0 Å². The average Bonchev–Trinajstić information content (AvgIpc) is 3.82. The summed E-state index contributed by atoms with van der Waals surface area (Å²) in [6.45, 7) is 0. The standard InChI is InChI=1S/C43H25N5O/c1-2-10-27-25-28(18-17-26(27)9-1)40-39-33-13-5-8-16-37(33)49-42(39)46-43(45-40)48-35-15-7-4-12-32(35)38-36(48)20-19-31-30-11-3-6-14-34(30)47(41(31)38)29-21-23-44-24-22-29/h1-25H. The monoisotopic (exact) mass is 627 g/mol. The molecule has 0 atom stereocenters. The van der Waals surface area contributed by atoms with Crippen LogP contribution in [0.3, 0.4) is 0 Å². The Morgan fingerprint density at radius 3 is 2.06 bits per heavy atom. The van der Waals surface area contributed by atoms with Gasteiger partial charge < -0.3 is 8.98 Å². The lowest BCUT2D eigenvalue weighted by molar-refractivity contribution is 0.651. The first-order valence-electron chi connectivity index (χ1n) is 16.4. The number of furan rings is 1. The molecule has 0 saturated carbocycles. The molecule has 11 aromatic rings. The van der Waals surface area contributed by atoms with Crippen LogP contribution in [0.1, 0.15) is 0 Å². The molecule has 0 unspecified atom stereocenters. The Bertz CT molecular complexity index is 3110. The van der Waals surface area contributed by atoms with Crippen molar-refractivity contribution < 1.29 is 4.42 Å². The molecule has 0 aliphatic heterocycles. The lowest BCUT2D eigenvalue weighted by atomic mass is 10.0. The third-order valence-electron chi connectivity index (χ3n) is 9.84. The Morgan fingerprint density at radius 2 is 1.20 bits per heavy atom. The van der Waals surface area contributed by atoms with Crippen LogP contribution in [0, 0.1) is 0 Å². The first kappa shape index (κ1) is 26.3. The summed E-state index contributed by atoms with van der Waals surface area (Å²) in [5.74, 6) is 0.562. The smallest absolute Gasteiger partial charge is 0.238 e. The van der Waals surface area contributed by atoms with Crippen molar-refractivity contribution in [2.75, 3.05) is 0 Å². The number of pyridine rings is 1. The van der Waals surface area contributed by atoms with Crippen LogP contribution < -0.4 is 0 Å². The van der Waals surface area contributed by atoms with Gasteiger partial charge in [-0.05, 0) is 53.2 Å². The molecule has 0 N–H and O–H groups in total. The Kier molecular flexibility index (Phi) is 5.29. The molecule has 49 heavy (non-hydrogen) atoms. The minimum absolute atomic E-state index is 0.562. The lowest BCUT2D eigenvalue weighted by Crippen LogP contribution is -2.03. The van der Waals surface area contributed by atoms with Crippen LogP contribution in [0.5, 0.6) is 0 Å². The third-order valence-corrected chi connectivity index (χ3v) is 9.84. The van der Waals surface area contributed by atoms with Crippen molar-refractivity contribution in [3.05, 3.63) is 152 Å². The predicted molar refractivity (Wildman–Crippen MR) is 199 cm³/mol. The van der Waals surface area contributed by atoms with Crippen LogP contribution in [-0.4, -0.2) is 24.1 Å². The summed E-state index contributed by atoms with van der Waals surface area (Å²) in [7, 11) is 0. The van der Waals surface area contributed by atoms with Crippen LogP contribution in [0.25, 0.3) is 99.3 Å². The zero-order valence-electron chi connectivity index (χ0n) is 26.1. The highest BCUT2D eigenvalue weighted by Crippen LogP contribution is 2.43. The first-order chi connectivity index (χ1) is 24.3. The van der Waals surface area contributed by atoms with Crippen LogP contribution >= 0.6 is 0 Å².